The van der Waals surface area contributed by atoms with Gasteiger partial charge in [-0.25, -0.2) is 9.97 Å². The fraction of sp³-hybridized carbons (Fsp3) is 0.636. The van der Waals surface area contributed by atoms with Crippen LogP contribution in [0.3, 0.4) is 0 Å². The van der Waals surface area contributed by atoms with Gasteiger partial charge in [-0.1, -0.05) is 6.92 Å². The van der Waals surface area contributed by atoms with Crippen LogP contribution in [-0.2, 0) is 0 Å². The minimum atomic E-state index is 0.137. The summed E-state index contributed by atoms with van der Waals surface area (Å²) in [6.07, 6.45) is 2.58. The third-order valence-electron chi connectivity index (χ3n) is 2.46. The third kappa shape index (κ3) is 2.82. The van der Waals surface area contributed by atoms with Crippen molar-refractivity contribution in [3.8, 4) is 0 Å². The first-order chi connectivity index (χ1) is 7.74. The average Bonchev–Trinajstić information content (AvgIpc) is 2.29. The zero-order chi connectivity index (χ0) is 12.0. The van der Waals surface area contributed by atoms with Crippen molar-refractivity contribution in [2.24, 2.45) is 0 Å². The van der Waals surface area contributed by atoms with Crippen molar-refractivity contribution in [3.63, 3.8) is 0 Å². The summed E-state index contributed by atoms with van der Waals surface area (Å²) in [5, 5.41) is 12.1. The molecule has 0 unspecified atom stereocenters. The van der Waals surface area contributed by atoms with Crippen LogP contribution < -0.4 is 10.2 Å². The summed E-state index contributed by atoms with van der Waals surface area (Å²) >= 11 is 0. The minimum absolute atomic E-state index is 0.137. The van der Waals surface area contributed by atoms with Crippen LogP contribution in [0.5, 0.6) is 0 Å². The molecule has 0 radical (unpaired) electrons. The lowest BCUT2D eigenvalue weighted by Gasteiger charge is -2.24. The molecule has 0 aliphatic rings. The molecule has 16 heavy (non-hydrogen) atoms. The molecule has 0 saturated heterocycles. The highest BCUT2D eigenvalue weighted by atomic mass is 16.3. The molecule has 5 heteroatoms. The molecule has 1 aromatic heterocycles. The quantitative estimate of drug-likeness (QED) is 0.756. The lowest BCUT2D eigenvalue weighted by atomic mass is 10.2. The molecule has 1 heterocycles. The molecule has 0 atom stereocenters. The molecule has 5 nitrogen and oxygen atoms in total. The Kier molecular flexibility index (Phi) is 4.98. The Morgan fingerprint density at radius 1 is 1.38 bits per heavy atom. The molecule has 0 aliphatic carbocycles. The highest BCUT2D eigenvalue weighted by Gasteiger charge is 2.12. The average molecular weight is 224 g/mol. The van der Waals surface area contributed by atoms with Gasteiger partial charge in [-0.2, -0.15) is 0 Å². The van der Waals surface area contributed by atoms with Crippen molar-refractivity contribution >= 4 is 11.6 Å². The van der Waals surface area contributed by atoms with E-state index in [1.165, 1.54) is 0 Å². The van der Waals surface area contributed by atoms with Gasteiger partial charge in [-0.05, 0) is 13.3 Å². The number of hydrogen-bond donors (Lipinski definition) is 2. The van der Waals surface area contributed by atoms with Crippen LogP contribution in [-0.4, -0.2) is 41.8 Å². The Morgan fingerprint density at radius 2 is 2.12 bits per heavy atom. The molecule has 1 rings (SSSR count). The number of aliphatic hydroxyl groups is 1. The Morgan fingerprint density at radius 3 is 2.69 bits per heavy atom. The van der Waals surface area contributed by atoms with Gasteiger partial charge >= 0.3 is 0 Å². The lowest BCUT2D eigenvalue weighted by molar-refractivity contribution is 0.301. The lowest BCUT2D eigenvalue weighted by Crippen LogP contribution is -2.29. The van der Waals surface area contributed by atoms with E-state index in [4.69, 9.17) is 5.11 Å². The Balaban J connectivity index is 2.98. The van der Waals surface area contributed by atoms with Crippen molar-refractivity contribution in [2.45, 2.75) is 20.3 Å². The second kappa shape index (κ2) is 6.27. The van der Waals surface area contributed by atoms with Crippen LogP contribution in [0.4, 0.5) is 11.6 Å². The highest BCUT2D eigenvalue weighted by Crippen LogP contribution is 2.21. The molecule has 1 aromatic rings. The second-order valence-corrected chi connectivity index (χ2v) is 3.63. The van der Waals surface area contributed by atoms with E-state index in [-0.39, 0.29) is 6.61 Å². The largest absolute Gasteiger partial charge is 0.395 e. The summed E-state index contributed by atoms with van der Waals surface area (Å²) < 4.78 is 0. The van der Waals surface area contributed by atoms with Crippen LogP contribution in [0.1, 0.15) is 18.9 Å². The zero-order valence-electron chi connectivity index (χ0n) is 10.2. The Hall–Kier alpha value is -1.36. The van der Waals surface area contributed by atoms with Crippen molar-refractivity contribution in [3.05, 3.63) is 11.9 Å². The fourth-order valence-electron chi connectivity index (χ4n) is 1.73. The van der Waals surface area contributed by atoms with Crippen LogP contribution in [0, 0.1) is 6.92 Å². The van der Waals surface area contributed by atoms with E-state index in [1.807, 2.05) is 14.0 Å². The normalized spacial score (nSPS) is 10.2. The van der Waals surface area contributed by atoms with Gasteiger partial charge in [0.1, 0.15) is 18.0 Å². The number of rotatable bonds is 6. The van der Waals surface area contributed by atoms with E-state index in [0.717, 1.165) is 30.2 Å². The van der Waals surface area contributed by atoms with Gasteiger partial charge in [0.15, 0.2) is 0 Å². The smallest absolute Gasteiger partial charge is 0.137 e. The summed E-state index contributed by atoms with van der Waals surface area (Å²) in [4.78, 5) is 10.5. The molecule has 0 saturated carbocycles. The van der Waals surface area contributed by atoms with Gasteiger partial charge in [0, 0.05) is 25.7 Å². The summed E-state index contributed by atoms with van der Waals surface area (Å²) in [7, 11) is 1.84. The van der Waals surface area contributed by atoms with E-state index in [0.29, 0.717) is 6.54 Å². The molecule has 0 fully saturated rings. The number of aromatic nitrogens is 2. The first-order valence-electron chi connectivity index (χ1n) is 5.59. The van der Waals surface area contributed by atoms with Gasteiger partial charge in [-0.3, -0.25) is 0 Å². The second-order valence-electron chi connectivity index (χ2n) is 3.63. The predicted octanol–water partition coefficient (Wildman–Crippen LogP) is 1.04. The molecule has 90 valence electrons. The summed E-state index contributed by atoms with van der Waals surface area (Å²) in [5.74, 6) is 1.74. The van der Waals surface area contributed by atoms with Crippen molar-refractivity contribution in [1.29, 1.82) is 0 Å². The molecule has 2 N–H and O–H groups in total. The van der Waals surface area contributed by atoms with Gasteiger partial charge < -0.3 is 15.3 Å². The minimum Gasteiger partial charge on any atom is -0.395 e. The van der Waals surface area contributed by atoms with E-state index in [9.17, 15) is 0 Å². The zero-order valence-corrected chi connectivity index (χ0v) is 10.2. The van der Waals surface area contributed by atoms with Crippen molar-refractivity contribution in [1.82, 2.24) is 9.97 Å². The number of anilines is 2. The number of aliphatic hydroxyl groups excluding tert-OH is 1. The monoisotopic (exact) mass is 224 g/mol. The molecule has 0 amide bonds. The van der Waals surface area contributed by atoms with E-state index >= 15 is 0 Å². The predicted molar refractivity (Wildman–Crippen MR) is 65.9 cm³/mol. The Labute approximate surface area is 96.5 Å². The van der Waals surface area contributed by atoms with Crippen LogP contribution in [0.15, 0.2) is 6.33 Å². The molecule has 0 aliphatic heterocycles. The summed E-state index contributed by atoms with van der Waals surface area (Å²) in [5.41, 5.74) is 1.02. The van der Waals surface area contributed by atoms with E-state index < -0.39 is 0 Å². The van der Waals surface area contributed by atoms with Gasteiger partial charge in [0.25, 0.3) is 0 Å². The third-order valence-corrected chi connectivity index (χ3v) is 2.46. The van der Waals surface area contributed by atoms with E-state index in [2.05, 4.69) is 27.1 Å². The van der Waals surface area contributed by atoms with E-state index in [1.54, 1.807) is 6.33 Å². The molecule has 0 bridgehead atoms. The van der Waals surface area contributed by atoms with Crippen molar-refractivity contribution in [2.75, 3.05) is 37.0 Å². The van der Waals surface area contributed by atoms with Gasteiger partial charge in [0.05, 0.1) is 6.61 Å². The maximum atomic E-state index is 9.04. The highest BCUT2D eigenvalue weighted by molar-refractivity contribution is 5.57. The maximum Gasteiger partial charge on any atom is 0.137 e. The van der Waals surface area contributed by atoms with Crippen LogP contribution >= 0.6 is 0 Å². The van der Waals surface area contributed by atoms with Crippen LogP contribution in [0.25, 0.3) is 0 Å². The number of nitrogens with one attached hydrogen (secondary N) is 1. The maximum absolute atomic E-state index is 9.04. The number of hydrogen-bond acceptors (Lipinski definition) is 5. The standard InChI is InChI=1S/C11H20N4O/c1-4-5-15(6-7-16)11-9(2)10(12-3)13-8-14-11/h8,16H,4-7H2,1-3H3,(H,12,13,14). The summed E-state index contributed by atoms with van der Waals surface area (Å²) in [6, 6.07) is 0. The topological polar surface area (TPSA) is 61.3 Å². The van der Waals surface area contributed by atoms with Gasteiger partial charge in [0.2, 0.25) is 0 Å². The first-order valence-corrected chi connectivity index (χ1v) is 5.59. The van der Waals surface area contributed by atoms with Crippen LogP contribution in [0.2, 0.25) is 0 Å². The SMILES string of the molecule is CCCN(CCO)c1ncnc(NC)c1C. The van der Waals surface area contributed by atoms with Gasteiger partial charge in [-0.15, -0.1) is 0 Å². The molecular formula is C11H20N4O. The van der Waals surface area contributed by atoms with Crippen molar-refractivity contribution < 1.29 is 5.11 Å². The molecule has 0 spiro atoms. The molecule has 0 aromatic carbocycles. The fourth-order valence-corrected chi connectivity index (χ4v) is 1.73. The molecular weight excluding hydrogens is 204 g/mol. The number of nitrogens with zero attached hydrogens (tertiary/aromatic N) is 3. The summed E-state index contributed by atoms with van der Waals surface area (Å²) in [6.45, 7) is 5.73. The first kappa shape index (κ1) is 12.7. The Bertz CT molecular complexity index is 324.